The molecule has 2 heterocycles. The van der Waals surface area contributed by atoms with Crippen LogP contribution in [0.2, 0.25) is 0 Å². The van der Waals surface area contributed by atoms with E-state index in [9.17, 15) is 30.3 Å². The van der Waals surface area contributed by atoms with Crippen LogP contribution >= 0.6 is 0 Å². The van der Waals surface area contributed by atoms with Gasteiger partial charge >= 0.3 is 0 Å². The summed E-state index contributed by atoms with van der Waals surface area (Å²) in [5.41, 5.74) is 1.95. The van der Waals surface area contributed by atoms with Crippen LogP contribution in [-0.2, 0) is 33.7 Å². The summed E-state index contributed by atoms with van der Waals surface area (Å²) >= 11 is 0. The number of carbonyl (C=O) groups is 1. The molecule has 1 amide bonds. The van der Waals surface area contributed by atoms with Crippen molar-refractivity contribution in [2.45, 2.75) is 320 Å². The maximum atomic E-state index is 13.3. The van der Waals surface area contributed by atoms with Crippen LogP contribution in [0.5, 0.6) is 0 Å². The fourth-order valence-electron chi connectivity index (χ4n) is 10.3. The smallest absolute Gasteiger partial charge is 0.220 e. The maximum Gasteiger partial charge on any atom is 0.220 e. The SMILES string of the molecule is CCCCCCCCCCCCCCCCCCCCCCCCCC(=O)N[C@@H](CO[C@H]1O[C@H](Cn2cc(CCc3ccccc3)nn2)[C@H](O)[C@H](O)[C@H]1O)[C@H](O)[C@H](O)CCCCCCCCCCCCCC. The van der Waals surface area contributed by atoms with Crippen LogP contribution in [0.1, 0.15) is 263 Å². The third-order valence-electron chi connectivity index (χ3n) is 15.1. The normalized spacial score (nSPS) is 19.4. The number of aryl methyl sites for hydroxylation is 2. The molecule has 0 saturated carbocycles. The quantitative estimate of drug-likeness (QED) is 0.0349. The number of unbranched alkanes of at least 4 members (excludes halogenated alkanes) is 33. The summed E-state index contributed by atoms with van der Waals surface area (Å²) in [5, 5.41) is 66.7. The number of carbonyl (C=O) groups excluding carboxylic acids is 1. The van der Waals surface area contributed by atoms with E-state index in [1.54, 1.807) is 6.20 Å². The van der Waals surface area contributed by atoms with Crippen LogP contribution in [-0.4, -0.2) is 102 Å². The third-order valence-corrected chi connectivity index (χ3v) is 15.1. The molecule has 1 saturated heterocycles. The number of aliphatic hydroxyl groups excluding tert-OH is 5. The Morgan fingerprint density at radius 1 is 0.597 bits per heavy atom. The van der Waals surface area contributed by atoms with Crippen LogP contribution in [0.15, 0.2) is 36.5 Å². The van der Waals surface area contributed by atoms with Crippen molar-refractivity contribution >= 4 is 5.91 Å². The molecule has 1 fully saturated rings. The number of ether oxygens (including phenoxy) is 2. The minimum Gasteiger partial charge on any atom is -0.390 e. The topological polar surface area (TPSA) is 179 Å². The Bertz CT molecular complexity index is 1530. The molecule has 2 aromatic rings. The summed E-state index contributed by atoms with van der Waals surface area (Å²) in [7, 11) is 0. The van der Waals surface area contributed by atoms with Gasteiger partial charge in [-0.05, 0) is 31.2 Å². The van der Waals surface area contributed by atoms with Crippen LogP contribution in [0.4, 0.5) is 0 Å². The van der Waals surface area contributed by atoms with E-state index in [-0.39, 0.29) is 25.5 Å². The van der Waals surface area contributed by atoms with Gasteiger partial charge in [-0.3, -0.25) is 4.79 Å². The van der Waals surface area contributed by atoms with Crippen LogP contribution < -0.4 is 5.32 Å². The number of nitrogens with one attached hydrogen (secondary N) is 1. The van der Waals surface area contributed by atoms with E-state index in [2.05, 4.69) is 41.6 Å². The molecule has 12 heteroatoms. The van der Waals surface area contributed by atoms with Gasteiger partial charge in [0.05, 0.1) is 31.0 Å². The molecule has 1 aliphatic heterocycles. The van der Waals surface area contributed by atoms with Crippen molar-refractivity contribution in [2.75, 3.05) is 6.61 Å². The Labute approximate surface area is 438 Å². The highest BCUT2D eigenvalue weighted by atomic mass is 16.7. The zero-order chi connectivity index (χ0) is 51.7. The average Bonchev–Trinajstić information content (AvgIpc) is 3.85. The van der Waals surface area contributed by atoms with Gasteiger partial charge in [0.15, 0.2) is 6.29 Å². The molecule has 0 unspecified atom stereocenters. The zero-order valence-electron chi connectivity index (χ0n) is 45.9. The predicted octanol–water partition coefficient (Wildman–Crippen LogP) is 12.6. The second-order valence-electron chi connectivity index (χ2n) is 21.7. The van der Waals surface area contributed by atoms with E-state index in [0.29, 0.717) is 12.8 Å². The number of amides is 1. The first-order valence-corrected chi connectivity index (χ1v) is 30.1. The monoisotopic (exact) mass is 1010 g/mol. The van der Waals surface area contributed by atoms with E-state index in [1.807, 2.05) is 18.2 Å². The fraction of sp³-hybridized carbons (Fsp3) is 0.850. The van der Waals surface area contributed by atoms with Crippen LogP contribution in [0.3, 0.4) is 0 Å². The van der Waals surface area contributed by atoms with Gasteiger partial charge in [0.25, 0.3) is 0 Å². The van der Waals surface area contributed by atoms with E-state index in [1.165, 1.54) is 190 Å². The Morgan fingerprint density at radius 2 is 1.04 bits per heavy atom. The van der Waals surface area contributed by atoms with Gasteiger partial charge in [0, 0.05) is 12.6 Å². The van der Waals surface area contributed by atoms with Crippen molar-refractivity contribution in [1.82, 2.24) is 20.3 Å². The second kappa shape index (κ2) is 42.7. The van der Waals surface area contributed by atoms with Crippen molar-refractivity contribution in [3.63, 3.8) is 0 Å². The molecule has 416 valence electrons. The molecule has 0 bridgehead atoms. The summed E-state index contributed by atoms with van der Waals surface area (Å²) in [6.07, 6.45) is 38.9. The lowest BCUT2D eigenvalue weighted by Gasteiger charge is -2.40. The molecule has 1 aromatic carbocycles. The summed E-state index contributed by atoms with van der Waals surface area (Å²) in [6.45, 7) is 4.29. The molecule has 0 radical (unpaired) electrons. The molecule has 0 spiro atoms. The Hall–Kier alpha value is -2.45. The van der Waals surface area contributed by atoms with Gasteiger partial charge in [-0.2, -0.15) is 0 Å². The molecule has 0 aliphatic carbocycles. The number of hydrogen-bond acceptors (Lipinski definition) is 10. The molecule has 1 aromatic heterocycles. The first kappa shape index (κ1) is 63.8. The molecule has 1 aliphatic rings. The van der Waals surface area contributed by atoms with Gasteiger partial charge in [-0.25, -0.2) is 4.68 Å². The number of rotatable bonds is 48. The van der Waals surface area contributed by atoms with E-state index < -0.39 is 49.0 Å². The zero-order valence-corrected chi connectivity index (χ0v) is 45.9. The van der Waals surface area contributed by atoms with Gasteiger partial charge < -0.3 is 40.3 Å². The molecule has 3 rings (SSSR count). The Balaban J connectivity index is 1.36. The van der Waals surface area contributed by atoms with Crippen molar-refractivity contribution in [2.24, 2.45) is 0 Å². The standard InChI is InChI=1S/C60H108N4O8/c1-3-5-7-9-11-13-15-17-18-19-20-21-22-23-24-25-26-27-29-31-33-35-40-44-55(66)61-52(56(67)53(65)43-39-34-32-30-28-16-14-12-10-8-6-4-2)49-71-60-59(70)58(69)57(68)54(72-60)48-64-47-51(62-63-64)46-45-50-41-37-36-38-42-50/h36-38,41-42,47,52-54,56-60,65,67-70H,3-35,39-40,43-46,48-49H2,1-2H3,(H,61,66)/t52-,53+,54+,56-,57-,58-,59+,60-/m0/s1. The summed E-state index contributed by atoms with van der Waals surface area (Å²) < 4.78 is 13.6. The first-order chi connectivity index (χ1) is 35.2. The molecular formula is C60H108N4O8. The minimum atomic E-state index is -1.60. The van der Waals surface area contributed by atoms with Gasteiger partial charge in [0.1, 0.15) is 30.5 Å². The van der Waals surface area contributed by atoms with Gasteiger partial charge in [-0.15, -0.1) is 5.10 Å². The number of nitrogens with zero attached hydrogens (tertiary/aromatic N) is 3. The molecular weight excluding hydrogens is 905 g/mol. The van der Waals surface area contributed by atoms with Crippen LogP contribution in [0, 0.1) is 0 Å². The lowest BCUT2D eigenvalue weighted by molar-refractivity contribution is -0.301. The first-order valence-electron chi connectivity index (χ1n) is 30.1. The lowest BCUT2D eigenvalue weighted by atomic mass is 9.98. The second-order valence-corrected chi connectivity index (χ2v) is 21.7. The fourth-order valence-corrected chi connectivity index (χ4v) is 10.3. The van der Waals surface area contributed by atoms with Crippen molar-refractivity contribution < 1.29 is 39.8 Å². The Kier molecular flexibility index (Phi) is 37.9. The molecule has 8 atom stereocenters. The number of benzene rings is 1. The lowest BCUT2D eigenvalue weighted by Crippen LogP contribution is -2.60. The van der Waals surface area contributed by atoms with E-state index in [0.717, 1.165) is 57.1 Å². The predicted molar refractivity (Wildman–Crippen MR) is 293 cm³/mol. The minimum absolute atomic E-state index is 0.0449. The number of hydrogen-bond donors (Lipinski definition) is 6. The Morgan fingerprint density at radius 3 is 1.51 bits per heavy atom. The summed E-state index contributed by atoms with van der Waals surface area (Å²) in [4.78, 5) is 13.3. The molecule has 12 nitrogen and oxygen atoms in total. The highest BCUT2D eigenvalue weighted by Gasteiger charge is 2.45. The number of aliphatic hydroxyl groups is 5. The van der Waals surface area contributed by atoms with E-state index >= 15 is 0 Å². The molecule has 72 heavy (non-hydrogen) atoms. The van der Waals surface area contributed by atoms with Crippen molar-refractivity contribution in [3.05, 3.63) is 47.8 Å². The largest absolute Gasteiger partial charge is 0.390 e. The van der Waals surface area contributed by atoms with Crippen molar-refractivity contribution in [1.29, 1.82) is 0 Å². The number of aromatic nitrogens is 3. The maximum absolute atomic E-state index is 13.3. The van der Waals surface area contributed by atoms with E-state index in [4.69, 9.17) is 9.47 Å². The van der Waals surface area contributed by atoms with Crippen molar-refractivity contribution in [3.8, 4) is 0 Å². The van der Waals surface area contributed by atoms with Gasteiger partial charge in [-0.1, -0.05) is 268 Å². The molecule has 6 N–H and O–H groups in total. The van der Waals surface area contributed by atoms with Crippen LogP contribution in [0.25, 0.3) is 0 Å². The summed E-state index contributed by atoms with van der Waals surface area (Å²) in [5.74, 6) is -0.239. The third kappa shape index (κ3) is 30.2. The highest BCUT2D eigenvalue weighted by molar-refractivity contribution is 5.76. The highest BCUT2D eigenvalue weighted by Crippen LogP contribution is 2.25. The summed E-state index contributed by atoms with van der Waals surface area (Å²) in [6, 6.07) is 9.10. The van der Waals surface area contributed by atoms with Gasteiger partial charge in [0.2, 0.25) is 5.91 Å². The average molecular weight is 1010 g/mol.